The van der Waals surface area contributed by atoms with Crippen LogP contribution in [0.25, 0.3) is 0 Å². The van der Waals surface area contributed by atoms with E-state index in [2.05, 4.69) is 23.0 Å². The fourth-order valence-corrected chi connectivity index (χ4v) is 1.14. The summed E-state index contributed by atoms with van der Waals surface area (Å²) in [5.74, 6) is 1.99. The van der Waals surface area contributed by atoms with Crippen molar-refractivity contribution in [1.29, 1.82) is 0 Å². The summed E-state index contributed by atoms with van der Waals surface area (Å²) in [5, 5.41) is 0. The Morgan fingerprint density at radius 3 is 1.73 bits per heavy atom. The molecule has 0 aliphatic carbocycles. The van der Waals surface area contributed by atoms with E-state index in [9.17, 15) is 0 Å². The fraction of sp³-hybridized carbons (Fsp3) is 0.500. The molecule has 11 heavy (non-hydrogen) atoms. The zero-order valence-electron chi connectivity index (χ0n) is 7.46. The molecule has 0 spiro atoms. The van der Waals surface area contributed by atoms with E-state index in [1.807, 2.05) is 26.0 Å². The lowest BCUT2D eigenvalue weighted by Gasteiger charge is -2.42. The van der Waals surface area contributed by atoms with E-state index in [1.54, 1.807) is 0 Å². The Bertz CT molecular complexity index is 178. The molecule has 0 aromatic carbocycles. The molecule has 0 atom stereocenters. The molecule has 1 heterocycles. The van der Waals surface area contributed by atoms with Gasteiger partial charge in [0, 0.05) is 21.1 Å². The maximum absolute atomic E-state index is 3.93. The summed E-state index contributed by atoms with van der Waals surface area (Å²) in [6.45, 7) is 8.71. The molecular formula is C8H15N3. The topological polar surface area (TPSA) is 9.72 Å². The quantitative estimate of drug-likeness (QED) is 0.507. The van der Waals surface area contributed by atoms with Gasteiger partial charge in [-0.2, -0.15) is 0 Å². The number of hydrogen-bond donors (Lipinski definition) is 0. The van der Waals surface area contributed by atoms with Crippen LogP contribution in [0.2, 0.25) is 0 Å². The zero-order valence-corrected chi connectivity index (χ0v) is 7.46. The monoisotopic (exact) mass is 153 g/mol. The van der Waals surface area contributed by atoms with Crippen molar-refractivity contribution in [3.05, 3.63) is 24.8 Å². The molecule has 0 radical (unpaired) electrons. The maximum Gasteiger partial charge on any atom is 0.103 e. The van der Waals surface area contributed by atoms with E-state index >= 15 is 0 Å². The molecule has 0 unspecified atom stereocenters. The van der Waals surface area contributed by atoms with Crippen LogP contribution < -0.4 is 0 Å². The van der Waals surface area contributed by atoms with Crippen LogP contribution in [0.1, 0.15) is 0 Å². The van der Waals surface area contributed by atoms with Crippen LogP contribution in [0.5, 0.6) is 0 Å². The summed E-state index contributed by atoms with van der Waals surface area (Å²) in [4.78, 5) is 6.13. The molecule has 0 aromatic heterocycles. The zero-order chi connectivity index (χ0) is 8.59. The number of rotatable bonds is 0. The van der Waals surface area contributed by atoms with Gasteiger partial charge in [-0.1, -0.05) is 13.2 Å². The second kappa shape index (κ2) is 2.49. The van der Waals surface area contributed by atoms with Gasteiger partial charge < -0.3 is 14.7 Å². The van der Waals surface area contributed by atoms with E-state index in [0.717, 1.165) is 18.3 Å². The summed E-state index contributed by atoms with van der Waals surface area (Å²) < 4.78 is 0. The predicted molar refractivity (Wildman–Crippen MR) is 46.4 cm³/mol. The molecule has 1 fully saturated rings. The van der Waals surface area contributed by atoms with Crippen molar-refractivity contribution >= 4 is 0 Å². The highest BCUT2D eigenvalue weighted by molar-refractivity contribution is 5.07. The number of hydrogen-bond acceptors (Lipinski definition) is 3. The van der Waals surface area contributed by atoms with Crippen LogP contribution in [0.3, 0.4) is 0 Å². The first-order chi connectivity index (χ1) is 5.04. The van der Waals surface area contributed by atoms with Crippen molar-refractivity contribution < 1.29 is 0 Å². The van der Waals surface area contributed by atoms with Crippen LogP contribution in [0, 0.1) is 0 Å². The average molecular weight is 153 g/mol. The van der Waals surface area contributed by atoms with Gasteiger partial charge in [-0.3, -0.25) is 0 Å². The van der Waals surface area contributed by atoms with Crippen LogP contribution in [0.15, 0.2) is 24.8 Å². The first-order valence-corrected chi connectivity index (χ1v) is 3.58. The third-order valence-corrected chi connectivity index (χ3v) is 2.08. The van der Waals surface area contributed by atoms with Crippen LogP contribution in [-0.4, -0.2) is 42.5 Å². The molecule has 3 nitrogen and oxygen atoms in total. The third-order valence-electron chi connectivity index (χ3n) is 2.08. The van der Waals surface area contributed by atoms with Gasteiger partial charge in [-0.15, -0.1) is 0 Å². The van der Waals surface area contributed by atoms with Crippen molar-refractivity contribution in [2.24, 2.45) is 0 Å². The Hall–Kier alpha value is -1.12. The Morgan fingerprint density at radius 2 is 1.36 bits per heavy atom. The second-order valence-corrected chi connectivity index (χ2v) is 2.93. The molecule has 1 rings (SSSR count). The molecule has 3 heteroatoms. The Labute approximate surface area is 68.2 Å². The van der Waals surface area contributed by atoms with Crippen LogP contribution in [0.4, 0.5) is 0 Å². The predicted octanol–water partition coefficient (Wildman–Crippen LogP) is 0.695. The highest BCUT2D eigenvalue weighted by Gasteiger charge is 2.20. The minimum atomic E-state index is 0.863. The lowest BCUT2D eigenvalue weighted by atomic mass is 10.4. The van der Waals surface area contributed by atoms with Crippen molar-refractivity contribution in [3.8, 4) is 0 Å². The van der Waals surface area contributed by atoms with Gasteiger partial charge in [0.1, 0.15) is 11.6 Å². The van der Waals surface area contributed by atoms with E-state index in [4.69, 9.17) is 0 Å². The maximum atomic E-state index is 3.93. The molecule has 1 saturated heterocycles. The van der Waals surface area contributed by atoms with Crippen LogP contribution >= 0.6 is 0 Å². The molecule has 0 amide bonds. The molecule has 62 valence electrons. The summed E-state index contributed by atoms with van der Waals surface area (Å²) >= 11 is 0. The largest absolute Gasteiger partial charge is 0.344 e. The lowest BCUT2D eigenvalue weighted by molar-refractivity contribution is 0.125. The first kappa shape index (κ1) is 7.98. The highest BCUT2D eigenvalue weighted by Crippen LogP contribution is 2.18. The number of nitrogens with zero attached hydrogens (tertiary/aromatic N) is 3. The van der Waals surface area contributed by atoms with Gasteiger partial charge in [-0.05, 0) is 0 Å². The van der Waals surface area contributed by atoms with Gasteiger partial charge in [-0.25, -0.2) is 0 Å². The molecule has 1 aliphatic heterocycles. The van der Waals surface area contributed by atoms with Crippen molar-refractivity contribution in [2.45, 2.75) is 0 Å². The second-order valence-electron chi connectivity index (χ2n) is 2.93. The Kier molecular flexibility index (Phi) is 1.81. The summed E-state index contributed by atoms with van der Waals surface area (Å²) in [6, 6.07) is 0. The minimum absolute atomic E-state index is 0.863. The van der Waals surface area contributed by atoms with Crippen molar-refractivity contribution in [1.82, 2.24) is 14.7 Å². The van der Waals surface area contributed by atoms with E-state index < -0.39 is 0 Å². The standard InChI is InChI=1S/C8H15N3/c1-7-9(3)6-10(4)8(2)11(7)5/h1-2,6H2,3-5H3. The molecular weight excluding hydrogens is 138 g/mol. The molecule has 0 aromatic rings. The van der Waals surface area contributed by atoms with Gasteiger partial charge in [0.2, 0.25) is 0 Å². The summed E-state index contributed by atoms with van der Waals surface area (Å²) in [7, 11) is 6.00. The van der Waals surface area contributed by atoms with Gasteiger partial charge in [0.15, 0.2) is 0 Å². The highest BCUT2D eigenvalue weighted by atomic mass is 15.5. The van der Waals surface area contributed by atoms with E-state index in [1.165, 1.54) is 0 Å². The van der Waals surface area contributed by atoms with Crippen LogP contribution in [-0.2, 0) is 0 Å². The molecule has 1 aliphatic rings. The summed E-state index contributed by atoms with van der Waals surface area (Å²) in [6.07, 6.45) is 0. The third kappa shape index (κ3) is 1.18. The smallest absolute Gasteiger partial charge is 0.103 e. The fourth-order valence-electron chi connectivity index (χ4n) is 1.14. The van der Waals surface area contributed by atoms with Gasteiger partial charge >= 0.3 is 0 Å². The molecule has 0 N–H and O–H groups in total. The normalized spacial score (nSPS) is 19.7. The van der Waals surface area contributed by atoms with E-state index in [-0.39, 0.29) is 0 Å². The van der Waals surface area contributed by atoms with Gasteiger partial charge in [0.25, 0.3) is 0 Å². The Morgan fingerprint density at radius 1 is 1.00 bits per heavy atom. The SMILES string of the molecule is C=C1N(C)CN(C)C(=C)N1C. The van der Waals surface area contributed by atoms with E-state index in [0.29, 0.717) is 0 Å². The summed E-state index contributed by atoms with van der Waals surface area (Å²) in [5.41, 5.74) is 0. The average Bonchev–Trinajstić information content (AvgIpc) is 1.97. The molecule has 0 bridgehead atoms. The van der Waals surface area contributed by atoms with Crippen molar-refractivity contribution in [3.63, 3.8) is 0 Å². The Balaban J connectivity index is 2.79. The van der Waals surface area contributed by atoms with Gasteiger partial charge in [0.05, 0.1) is 6.67 Å². The molecule has 0 saturated carbocycles. The minimum Gasteiger partial charge on any atom is -0.344 e. The van der Waals surface area contributed by atoms with Crippen molar-refractivity contribution in [2.75, 3.05) is 27.8 Å². The lowest BCUT2D eigenvalue weighted by Crippen LogP contribution is -2.46. The first-order valence-electron chi connectivity index (χ1n) is 3.58.